The molecule has 32 heavy (non-hydrogen) atoms. The lowest BCUT2D eigenvalue weighted by atomic mass is 10.1. The summed E-state index contributed by atoms with van der Waals surface area (Å²) in [6.07, 6.45) is 1.45. The number of aliphatic imine (C=N–C) groups is 1. The summed E-state index contributed by atoms with van der Waals surface area (Å²) in [6, 6.07) is 5.42. The molecule has 2 aromatic carbocycles. The van der Waals surface area contributed by atoms with Gasteiger partial charge < -0.3 is 10.2 Å². The van der Waals surface area contributed by atoms with Crippen LogP contribution in [0.3, 0.4) is 0 Å². The molecular formula is C21H16F4N6S. The van der Waals surface area contributed by atoms with Gasteiger partial charge in [-0.15, -0.1) is 11.3 Å². The van der Waals surface area contributed by atoms with E-state index in [0.29, 0.717) is 5.69 Å². The Bertz CT molecular complexity index is 1290. The Hall–Kier alpha value is -3.65. The minimum absolute atomic E-state index is 0.0666. The normalized spacial score (nSPS) is 15.9. The Morgan fingerprint density at radius 3 is 2.53 bits per heavy atom. The molecule has 2 N–H and O–H groups in total. The van der Waals surface area contributed by atoms with E-state index >= 15 is 0 Å². The quantitative estimate of drug-likeness (QED) is 0.253. The molecule has 3 aromatic rings. The van der Waals surface area contributed by atoms with Gasteiger partial charge in [-0.05, 0) is 49.2 Å². The van der Waals surface area contributed by atoms with E-state index in [1.807, 2.05) is 26.0 Å². The molecule has 1 aliphatic heterocycles. The second-order valence-corrected chi connectivity index (χ2v) is 8.35. The molecule has 1 aromatic heterocycles. The Labute approximate surface area is 184 Å². The highest BCUT2D eigenvalue weighted by molar-refractivity contribution is 7.18. The first-order valence-electron chi connectivity index (χ1n) is 9.39. The first kappa shape index (κ1) is 21.6. The Balaban J connectivity index is 1.70. The van der Waals surface area contributed by atoms with Gasteiger partial charge in [0.2, 0.25) is 5.96 Å². The van der Waals surface area contributed by atoms with E-state index in [9.17, 15) is 17.6 Å². The molecule has 0 amide bonds. The smallest absolute Gasteiger partial charge is 0.205 e. The van der Waals surface area contributed by atoms with E-state index in [1.165, 1.54) is 16.2 Å². The number of benzene rings is 2. The summed E-state index contributed by atoms with van der Waals surface area (Å²) in [5, 5.41) is 15.1. The summed E-state index contributed by atoms with van der Waals surface area (Å²) < 4.78 is 56.0. The summed E-state index contributed by atoms with van der Waals surface area (Å²) in [4.78, 5) is 9.93. The van der Waals surface area contributed by atoms with Gasteiger partial charge in [0.25, 0.3) is 0 Å². The van der Waals surface area contributed by atoms with Crippen molar-refractivity contribution in [3.8, 4) is 6.19 Å². The molecule has 0 aliphatic carbocycles. The van der Waals surface area contributed by atoms with E-state index in [4.69, 9.17) is 5.26 Å². The van der Waals surface area contributed by atoms with E-state index in [2.05, 4.69) is 20.6 Å². The summed E-state index contributed by atoms with van der Waals surface area (Å²) in [6.45, 7) is 3.55. The second-order valence-electron chi connectivity index (χ2n) is 7.12. The van der Waals surface area contributed by atoms with Crippen LogP contribution in [-0.2, 0) is 6.54 Å². The average molecular weight is 460 g/mol. The lowest BCUT2D eigenvalue weighted by Gasteiger charge is -2.29. The number of hydrogen-bond donors (Lipinski definition) is 2. The summed E-state index contributed by atoms with van der Waals surface area (Å²) in [5.74, 6) is -4.92. The fraction of sp³-hybridized carbons (Fsp3) is 0.190. The highest BCUT2D eigenvalue weighted by atomic mass is 32.1. The predicted octanol–water partition coefficient (Wildman–Crippen LogP) is 4.82. The highest BCUT2D eigenvalue weighted by Crippen LogP contribution is 2.29. The minimum atomic E-state index is -1.58. The summed E-state index contributed by atoms with van der Waals surface area (Å²) in [5.41, 5.74) is 2.40. The zero-order chi connectivity index (χ0) is 23.0. The molecule has 1 unspecified atom stereocenters. The third-order valence-electron chi connectivity index (χ3n) is 4.75. The van der Waals surface area contributed by atoms with Crippen LogP contribution in [0.2, 0.25) is 0 Å². The molecule has 0 spiro atoms. The lowest BCUT2D eigenvalue weighted by Crippen LogP contribution is -2.40. The van der Waals surface area contributed by atoms with Gasteiger partial charge in [-0.1, -0.05) is 0 Å². The Morgan fingerprint density at radius 2 is 1.84 bits per heavy atom. The highest BCUT2D eigenvalue weighted by Gasteiger charge is 2.25. The number of hydrogen-bond acceptors (Lipinski definition) is 7. The van der Waals surface area contributed by atoms with Crippen molar-refractivity contribution >= 4 is 33.2 Å². The van der Waals surface area contributed by atoms with Crippen LogP contribution in [0.1, 0.15) is 16.1 Å². The SMILES string of the molecule is Cc1nc2cc(C)c(NC3=NC(NC#N)C(F)=CN3Cc3cc(F)c(F)c(F)c3)cc2s1. The van der Waals surface area contributed by atoms with E-state index in [1.54, 1.807) is 6.19 Å². The zero-order valence-electron chi connectivity index (χ0n) is 16.9. The molecule has 2 heterocycles. The second kappa shape index (κ2) is 8.47. The predicted molar refractivity (Wildman–Crippen MR) is 114 cm³/mol. The molecule has 0 saturated heterocycles. The van der Waals surface area contributed by atoms with Gasteiger partial charge in [0, 0.05) is 11.9 Å². The van der Waals surface area contributed by atoms with Crippen LogP contribution in [0.15, 0.2) is 41.3 Å². The number of nitrogens with one attached hydrogen (secondary N) is 2. The molecule has 0 bridgehead atoms. The maximum atomic E-state index is 14.5. The van der Waals surface area contributed by atoms with Gasteiger partial charge in [-0.3, -0.25) is 5.32 Å². The molecule has 0 fully saturated rings. The molecule has 1 atom stereocenters. The van der Waals surface area contributed by atoms with Crippen molar-refractivity contribution in [2.24, 2.45) is 4.99 Å². The van der Waals surface area contributed by atoms with E-state index in [0.717, 1.165) is 39.1 Å². The first-order valence-corrected chi connectivity index (χ1v) is 10.2. The number of aromatic nitrogens is 1. The van der Waals surface area contributed by atoms with Crippen LogP contribution < -0.4 is 10.6 Å². The van der Waals surface area contributed by atoms with Crippen LogP contribution in [-0.4, -0.2) is 22.0 Å². The fourth-order valence-corrected chi connectivity index (χ4v) is 4.12. The Kier molecular flexibility index (Phi) is 5.71. The topological polar surface area (TPSA) is 76.3 Å². The maximum Gasteiger partial charge on any atom is 0.205 e. The van der Waals surface area contributed by atoms with Crippen LogP contribution in [0.5, 0.6) is 0 Å². The van der Waals surface area contributed by atoms with Crippen molar-refractivity contribution < 1.29 is 17.6 Å². The van der Waals surface area contributed by atoms with Crippen molar-refractivity contribution in [3.63, 3.8) is 0 Å². The molecule has 0 radical (unpaired) electrons. The third-order valence-corrected chi connectivity index (χ3v) is 5.68. The number of nitriles is 1. The van der Waals surface area contributed by atoms with Gasteiger partial charge in [-0.2, -0.15) is 5.26 Å². The van der Waals surface area contributed by atoms with Crippen LogP contribution >= 0.6 is 11.3 Å². The molecule has 164 valence electrons. The van der Waals surface area contributed by atoms with Crippen molar-refractivity contribution in [1.29, 1.82) is 5.26 Å². The maximum absolute atomic E-state index is 14.5. The van der Waals surface area contributed by atoms with Gasteiger partial charge in [0.15, 0.2) is 35.6 Å². The van der Waals surface area contributed by atoms with E-state index in [-0.39, 0.29) is 18.1 Å². The summed E-state index contributed by atoms with van der Waals surface area (Å²) >= 11 is 1.50. The largest absolute Gasteiger partial charge is 0.326 e. The molecule has 6 nitrogen and oxygen atoms in total. The average Bonchev–Trinajstić information content (AvgIpc) is 3.08. The van der Waals surface area contributed by atoms with Crippen molar-refractivity contribution in [3.05, 3.63) is 69.9 Å². The van der Waals surface area contributed by atoms with E-state index < -0.39 is 29.4 Å². The van der Waals surface area contributed by atoms with Gasteiger partial charge >= 0.3 is 0 Å². The minimum Gasteiger partial charge on any atom is -0.326 e. The molecule has 4 rings (SSSR count). The van der Waals surface area contributed by atoms with Crippen molar-refractivity contribution in [2.45, 2.75) is 26.6 Å². The van der Waals surface area contributed by atoms with Gasteiger partial charge in [0.05, 0.1) is 21.8 Å². The van der Waals surface area contributed by atoms with Crippen LogP contribution in [0.4, 0.5) is 23.2 Å². The Morgan fingerprint density at radius 1 is 1.12 bits per heavy atom. The first-order chi connectivity index (χ1) is 15.2. The number of nitrogens with zero attached hydrogens (tertiary/aromatic N) is 4. The molecule has 11 heteroatoms. The number of anilines is 1. The molecular weight excluding hydrogens is 444 g/mol. The number of halogens is 4. The zero-order valence-corrected chi connectivity index (χ0v) is 17.7. The number of guanidine groups is 1. The number of thiazole rings is 1. The van der Waals surface area contributed by atoms with Gasteiger partial charge in [-0.25, -0.2) is 27.5 Å². The van der Waals surface area contributed by atoms with Crippen molar-refractivity contribution in [2.75, 3.05) is 5.32 Å². The number of aryl methyl sites for hydroxylation is 2. The molecule has 0 saturated carbocycles. The van der Waals surface area contributed by atoms with Crippen LogP contribution in [0, 0.1) is 42.8 Å². The lowest BCUT2D eigenvalue weighted by molar-refractivity contribution is 0.426. The van der Waals surface area contributed by atoms with Crippen LogP contribution in [0.25, 0.3) is 10.2 Å². The fourth-order valence-electron chi connectivity index (χ4n) is 3.27. The third kappa shape index (κ3) is 4.22. The van der Waals surface area contributed by atoms with Gasteiger partial charge in [0.1, 0.15) is 0 Å². The number of rotatable bonds is 4. The summed E-state index contributed by atoms with van der Waals surface area (Å²) in [7, 11) is 0. The molecule has 1 aliphatic rings. The standard InChI is InChI=1S/C21H16F4N6S/c1-10-3-17-18(32-11(2)28-17)6-16(10)29-21-30-20(27-9-26)15(24)8-31(21)7-12-4-13(22)19(25)14(23)5-12/h3-6,8,20,27H,7H2,1-2H3,(H,29,30). The number of fused-ring (bicyclic) bond motifs is 1. The van der Waals surface area contributed by atoms with Crippen molar-refractivity contribution in [1.82, 2.24) is 15.2 Å². The monoisotopic (exact) mass is 460 g/mol.